The SMILES string of the molecule is [B]C([B])([B])Oc1cc2c(cc1OC([B])(O)O)C1CC(=O)C(CC(C)C)CN1CC2. The van der Waals surface area contributed by atoms with E-state index in [-0.39, 0.29) is 29.2 Å². The van der Waals surface area contributed by atoms with E-state index < -0.39 is 11.2 Å². The largest absolute Gasteiger partial charge is 0.512 e. The molecule has 1 aromatic rings. The number of rotatable bonds is 6. The zero-order valence-electron chi connectivity index (χ0n) is 16.8. The van der Waals surface area contributed by atoms with Gasteiger partial charge < -0.3 is 19.7 Å². The van der Waals surface area contributed by atoms with E-state index in [2.05, 4.69) is 18.7 Å². The Bertz CT molecular complexity index is 775. The number of carbonyl (C=O) groups is 1. The van der Waals surface area contributed by atoms with Crippen molar-refractivity contribution in [2.75, 3.05) is 13.1 Å². The van der Waals surface area contributed by atoms with Crippen LogP contribution in [0, 0.1) is 11.8 Å². The second-order valence-corrected chi connectivity index (χ2v) is 8.47. The number of fused-ring (bicyclic) bond motifs is 3. The zero-order chi connectivity index (χ0) is 21.6. The monoisotopic (exact) mass is 389 g/mol. The third kappa shape index (κ3) is 5.62. The molecule has 2 unspecified atom stereocenters. The Morgan fingerprint density at radius 1 is 1.17 bits per heavy atom. The molecule has 2 aliphatic rings. The fourth-order valence-electron chi connectivity index (χ4n) is 4.25. The van der Waals surface area contributed by atoms with Crippen LogP contribution in [0.2, 0.25) is 0 Å². The molecule has 6 nitrogen and oxygen atoms in total. The van der Waals surface area contributed by atoms with Crippen molar-refractivity contribution in [3.8, 4) is 11.5 Å². The van der Waals surface area contributed by atoms with Gasteiger partial charge in [0.1, 0.15) is 29.3 Å². The van der Waals surface area contributed by atoms with Gasteiger partial charge in [-0.15, -0.1) is 0 Å². The summed E-state index contributed by atoms with van der Waals surface area (Å²) in [5.74, 6) is -2.27. The minimum atomic E-state index is -2.94. The number of hydrogen-bond acceptors (Lipinski definition) is 6. The van der Waals surface area contributed by atoms with Crippen LogP contribution in [-0.4, -0.2) is 76.5 Å². The quantitative estimate of drug-likeness (QED) is 0.522. The van der Waals surface area contributed by atoms with Crippen molar-refractivity contribution < 1.29 is 24.5 Å². The molecule has 0 amide bonds. The van der Waals surface area contributed by atoms with Crippen molar-refractivity contribution in [1.29, 1.82) is 0 Å². The Labute approximate surface area is 177 Å². The van der Waals surface area contributed by atoms with Gasteiger partial charge in [0.2, 0.25) is 7.85 Å². The fraction of sp³-hybridized carbons (Fsp3) is 0.632. The van der Waals surface area contributed by atoms with Gasteiger partial charge in [0.05, 0.1) is 0 Å². The smallest absolute Gasteiger partial charge is 0.259 e. The summed E-state index contributed by atoms with van der Waals surface area (Å²) in [5, 5.41) is 17.0. The highest BCUT2D eigenvalue weighted by Crippen LogP contribution is 2.43. The molecule has 0 aliphatic carbocycles. The summed E-state index contributed by atoms with van der Waals surface area (Å²) in [6, 6.07) is 3.09. The van der Waals surface area contributed by atoms with Gasteiger partial charge in [-0.05, 0) is 47.3 Å². The predicted octanol–water partition coefficient (Wildman–Crippen LogP) is -0.140. The van der Waals surface area contributed by atoms with Gasteiger partial charge in [-0.1, -0.05) is 13.8 Å². The predicted molar refractivity (Wildman–Crippen MR) is 111 cm³/mol. The van der Waals surface area contributed by atoms with Gasteiger partial charge in [-0.3, -0.25) is 9.69 Å². The zero-order valence-corrected chi connectivity index (χ0v) is 16.8. The van der Waals surface area contributed by atoms with Gasteiger partial charge in [-0.2, -0.15) is 0 Å². The van der Waals surface area contributed by atoms with Gasteiger partial charge in [0.25, 0.3) is 5.87 Å². The van der Waals surface area contributed by atoms with Crippen molar-refractivity contribution >= 4 is 37.2 Å². The molecule has 10 heteroatoms. The standard InChI is InChI=1S/C19H23B4NO5/c1-10(2)5-12-9-24-4-3-11-6-16(28-18(20,21)22)17(29-19(23,26)27)7-13(11)14(24)8-15(12)25/h6-7,10,12,14,26-27H,3-5,8-9H2,1-2H3. The maximum absolute atomic E-state index is 12.7. The lowest BCUT2D eigenvalue weighted by Gasteiger charge is -2.43. The average Bonchev–Trinajstić information content (AvgIpc) is 2.53. The number of carbonyl (C=O) groups excluding carboxylic acids is 1. The molecular weight excluding hydrogens is 365 g/mol. The molecule has 0 spiro atoms. The minimum absolute atomic E-state index is 0.0300. The normalized spacial score (nSPS) is 22.9. The summed E-state index contributed by atoms with van der Waals surface area (Å²) in [4.78, 5) is 15.0. The molecule has 3 rings (SSSR count). The van der Waals surface area contributed by atoms with Crippen LogP contribution >= 0.6 is 0 Å². The first-order valence-corrected chi connectivity index (χ1v) is 9.74. The first kappa shape index (κ1) is 22.3. The molecule has 1 saturated heterocycles. The van der Waals surface area contributed by atoms with E-state index in [1.165, 1.54) is 0 Å². The van der Waals surface area contributed by atoms with Gasteiger partial charge in [0.15, 0.2) is 11.5 Å². The van der Waals surface area contributed by atoms with E-state index in [9.17, 15) is 15.0 Å². The van der Waals surface area contributed by atoms with Gasteiger partial charge in [-0.25, -0.2) is 0 Å². The average molecular weight is 389 g/mol. The van der Waals surface area contributed by atoms with Crippen molar-refractivity contribution in [3.63, 3.8) is 0 Å². The highest BCUT2D eigenvalue weighted by molar-refractivity contribution is 6.58. The van der Waals surface area contributed by atoms with Crippen LogP contribution in [-0.2, 0) is 11.2 Å². The number of nitrogens with zero attached hydrogens (tertiary/aromatic N) is 1. The molecule has 0 aromatic heterocycles. The van der Waals surface area contributed by atoms with Crippen LogP contribution in [0.4, 0.5) is 0 Å². The lowest BCUT2D eigenvalue weighted by atomic mass is 9.52. The number of benzene rings is 1. The van der Waals surface area contributed by atoms with Gasteiger partial charge in [0, 0.05) is 31.5 Å². The highest BCUT2D eigenvalue weighted by atomic mass is 16.8. The van der Waals surface area contributed by atoms with E-state index in [0.29, 0.717) is 25.3 Å². The van der Waals surface area contributed by atoms with E-state index in [0.717, 1.165) is 24.1 Å². The molecule has 1 fully saturated rings. The highest BCUT2D eigenvalue weighted by Gasteiger charge is 2.39. The maximum Gasteiger partial charge on any atom is 0.259 e. The van der Waals surface area contributed by atoms with Crippen LogP contribution < -0.4 is 9.47 Å². The van der Waals surface area contributed by atoms with E-state index >= 15 is 0 Å². The molecule has 2 N–H and O–H groups in total. The van der Waals surface area contributed by atoms with E-state index in [1.807, 2.05) is 0 Å². The Kier molecular flexibility index (Phi) is 6.19. The minimum Gasteiger partial charge on any atom is -0.512 e. The Balaban J connectivity index is 1.95. The summed E-state index contributed by atoms with van der Waals surface area (Å²) < 4.78 is 10.3. The number of piperidine rings is 1. The van der Waals surface area contributed by atoms with Crippen molar-refractivity contribution in [2.24, 2.45) is 11.8 Å². The molecule has 2 heterocycles. The molecule has 8 radical (unpaired) electrons. The van der Waals surface area contributed by atoms with Crippen LogP contribution in [0.5, 0.6) is 11.5 Å². The summed E-state index contributed by atoms with van der Waals surface area (Å²) in [6.45, 7) is 5.73. The molecule has 0 saturated carbocycles. The fourth-order valence-corrected chi connectivity index (χ4v) is 4.25. The third-order valence-corrected chi connectivity index (χ3v) is 5.28. The van der Waals surface area contributed by atoms with Crippen molar-refractivity contribution in [2.45, 2.75) is 50.3 Å². The van der Waals surface area contributed by atoms with Crippen LogP contribution in [0.1, 0.15) is 43.9 Å². The van der Waals surface area contributed by atoms with Crippen LogP contribution in [0.15, 0.2) is 12.1 Å². The summed E-state index contributed by atoms with van der Waals surface area (Å²) >= 11 is 0. The lowest BCUT2D eigenvalue weighted by Crippen LogP contribution is -2.46. The third-order valence-electron chi connectivity index (χ3n) is 5.28. The molecule has 0 bridgehead atoms. The molecule has 2 atom stereocenters. The second kappa shape index (κ2) is 8.05. The first-order valence-electron chi connectivity index (χ1n) is 9.74. The number of Topliss-reactive ketones (excluding diaryl/α,β-unsaturated/α-hetero) is 1. The Morgan fingerprint density at radius 3 is 2.41 bits per heavy atom. The molecule has 1 aromatic carbocycles. The van der Waals surface area contributed by atoms with E-state index in [4.69, 9.17) is 40.9 Å². The number of ether oxygens (including phenoxy) is 2. The van der Waals surface area contributed by atoms with Crippen molar-refractivity contribution in [1.82, 2.24) is 4.90 Å². The maximum atomic E-state index is 12.7. The number of ketones is 1. The van der Waals surface area contributed by atoms with Gasteiger partial charge >= 0.3 is 0 Å². The summed E-state index contributed by atoms with van der Waals surface area (Å²) in [7, 11) is 21.7. The van der Waals surface area contributed by atoms with Crippen molar-refractivity contribution in [3.05, 3.63) is 23.3 Å². The molecular formula is C19H23B4NO5. The molecule has 146 valence electrons. The molecule has 29 heavy (non-hydrogen) atoms. The number of aliphatic hydroxyl groups is 2. The topological polar surface area (TPSA) is 79.2 Å². The molecule has 2 aliphatic heterocycles. The van der Waals surface area contributed by atoms with Crippen LogP contribution in [0.25, 0.3) is 0 Å². The van der Waals surface area contributed by atoms with E-state index in [1.54, 1.807) is 12.1 Å². The summed E-state index contributed by atoms with van der Waals surface area (Å²) in [5.41, 5.74) is 1.77. The first-order chi connectivity index (χ1) is 13.3. The second-order valence-electron chi connectivity index (χ2n) is 8.47. The van der Waals surface area contributed by atoms with Crippen LogP contribution in [0.3, 0.4) is 0 Å². The Morgan fingerprint density at radius 2 is 1.83 bits per heavy atom. The summed E-state index contributed by atoms with van der Waals surface area (Å²) in [6.07, 6.45) is 1.96. The number of hydrogen-bond donors (Lipinski definition) is 2. The lowest BCUT2D eigenvalue weighted by molar-refractivity contribution is -0.224. The Hall–Kier alpha value is -1.37.